The molecule has 2 N–H and O–H groups in total. The molecule has 2 aromatic rings. The third kappa shape index (κ3) is 3.83. The van der Waals surface area contributed by atoms with Crippen molar-refractivity contribution in [3.63, 3.8) is 0 Å². The van der Waals surface area contributed by atoms with Crippen LogP contribution in [0.1, 0.15) is 35.7 Å². The first kappa shape index (κ1) is 14.9. The molecule has 2 aliphatic rings. The highest BCUT2D eigenvalue weighted by molar-refractivity contribution is 5.17. The second-order valence-electron chi connectivity index (χ2n) is 6.85. The van der Waals surface area contributed by atoms with Gasteiger partial charge in [-0.15, -0.1) is 0 Å². The maximum absolute atomic E-state index is 10.3. The highest BCUT2D eigenvalue weighted by Gasteiger charge is 2.27. The minimum absolute atomic E-state index is 0.324. The SMILES string of the molecule is OC1CN(Cc2ccoc2)CCN(Cc2cc(C3CC3)n[nH]2)C1. The number of nitrogens with zero attached hydrogens (tertiary/aromatic N) is 3. The monoisotopic (exact) mass is 316 g/mol. The Bertz CT molecular complexity index is 620. The maximum atomic E-state index is 10.3. The van der Waals surface area contributed by atoms with Crippen molar-refractivity contribution < 1.29 is 9.52 Å². The summed E-state index contributed by atoms with van der Waals surface area (Å²) >= 11 is 0. The number of rotatable bonds is 5. The van der Waals surface area contributed by atoms with E-state index in [1.54, 1.807) is 12.5 Å². The summed E-state index contributed by atoms with van der Waals surface area (Å²) in [5.41, 5.74) is 3.52. The molecular formula is C17H24N4O2. The molecule has 6 heteroatoms. The molecule has 0 spiro atoms. The Morgan fingerprint density at radius 1 is 1.22 bits per heavy atom. The minimum Gasteiger partial charge on any atom is -0.472 e. The van der Waals surface area contributed by atoms with Gasteiger partial charge in [-0.1, -0.05) is 0 Å². The van der Waals surface area contributed by atoms with Crippen LogP contribution in [0.5, 0.6) is 0 Å². The number of H-pyrrole nitrogens is 1. The van der Waals surface area contributed by atoms with Gasteiger partial charge in [-0.25, -0.2) is 0 Å². The van der Waals surface area contributed by atoms with E-state index in [4.69, 9.17) is 4.42 Å². The van der Waals surface area contributed by atoms with E-state index in [-0.39, 0.29) is 6.10 Å². The van der Waals surface area contributed by atoms with Crippen molar-refractivity contribution in [1.29, 1.82) is 0 Å². The number of β-amino-alcohol motifs (C(OH)–C–C–N with tert-alkyl or cyclic N) is 1. The number of hydrogen-bond donors (Lipinski definition) is 2. The zero-order chi connectivity index (χ0) is 15.6. The molecule has 0 amide bonds. The van der Waals surface area contributed by atoms with Gasteiger partial charge in [0.15, 0.2) is 0 Å². The number of furan rings is 1. The van der Waals surface area contributed by atoms with Crippen LogP contribution in [-0.2, 0) is 13.1 Å². The highest BCUT2D eigenvalue weighted by atomic mass is 16.3. The van der Waals surface area contributed by atoms with Crippen molar-refractivity contribution >= 4 is 0 Å². The van der Waals surface area contributed by atoms with Gasteiger partial charge in [-0.3, -0.25) is 14.9 Å². The third-order valence-corrected chi connectivity index (χ3v) is 4.70. The summed E-state index contributed by atoms with van der Waals surface area (Å²) in [6.07, 6.45) is 5.70. The molecule has 124 valence electrons. The van der Waals surface area contributed by atoms with E-state index in [0.717, 1.165) is 37.4 Å². The zero-order valence-electron chi connectivity index (χ0n) is 13.3. The molecule has 2 aromatic heterocycles. The average Bonchev–Trinajstić information content (AvgIpc) is 3.11. The molecule has 1 aliphatic carbocycles. The van der Waals surface area contributed by atoms with E-state index >= 15 is 0 Å². The molecule has 0 bridgehead atoms. The normalized spacial score (nSPS) is 24.0. The van der Waals surface area contributed by atoms with Crippen molar-refractivity contribution in [2.75, 3.05) is 26.2 Å². The predicted molar refractivity (Wildman–Crippen MR) is 85.8 cm³/mol. The van der Waals surface area contributed by atoms with Crippen molar-refractivity contribution in [1.82, 2.24) is 20.0 Å². The number of aliphatic hydroxyl groups excluding tert-OH is 1. The second kappa shape index (κ2) is 6.47. The molecule has 1 unspecified atom stereocenters. The molecule has 4 rings (SSSR count). The van der Waals surface area contributed by atoms with Crippen LogP contribution in [0.2, 0.25) is 0 Å². The van der Waals surface area contributed by atoms with Crippen LogP contribution < -0.4 is 0 Å². The quantitative estimate of drug-likeness (QED) is 0.876. The molecule has 1 atom stereocenters. The van der Waals surface area contributed by atoms with Crippen molar-refractivity contribution in [2.45, 2.75) is 38.0 Å². The van der Waals surface area contributed by atoms with Crippen LogP contribution in [0.3, 0.4) is 0 Å². The molecule has 23 heavy (non-hydrogen) atoms. The van der Waals surface area contributed by atoms with E-state index in [9.17, 15) is 5.11 Å². The Kier molecular flexibility index (Phi) is 4.20. The Morgan fingerprint density at radius 2 is 2.00 bits per heavy atom. The molecule has 1 saturated carbocycles. The Labute approximate surface area is 136 Å². The molecule has 1 aliphatic heterocycles. The lowest BCUT2D eigenvalue weighted by molar-refractivity contribution is 0.105. The topological polar surface area (TPSA) is 68.5 Å². The van der Waals surface area contributed by atoms with E-state index in [2.05, 4.69) is 26.1 Å². The zero-order valence-corrected chi connectivity index (χ0v) is 13.3. The van der Waals surface area contributed by atoms with Crippen molar-refractivity contribution in [3.8, 4) is 0 Å². The van der Waals surface area contributed by atoms with Crippen LogP contribution in [-0.4, -0.2) is 57.4 Å². The predicted octanol–water partition coefficient (Wildman–Crippen LogP) is 1.56. The van der Waals surface area contributed by atoms with Crippen LogP contribution in [0.25, 0.3) is 0 Å². The van der Waals surface area contributed by atoms with Crippen LogP contribution in [0.4, 0.5) is 0 Å². The second-order valence-corrected chi connectivity index (χ2v) is 6.85. The van der Waals surface area contributed by atoms with E-state index < -0.39 is 0 Å². The standard InChI is InChI=1S/C17H24N4O2/c22-16-10-20(8-13-3-6-23-12-13)4-5-21(11-16)9-15-7-17(19-18-15)14-1-2-14/h3,6-7,12,14,16,22H,1-2,4-5,8-11H2,(H,18,19). The lowest BCUT2D eigenvalue weighted by Gasteiger charge is -2.20. The summed E-state index contributed by atoms with van der Waals surface area (Å²) in [5, 5.41) is 17.9. The molecule has 0 radical (unpaired) electrons. The first-order valence-electron chi connectivity index (χ1n) is 8.44. The summed E-state index contributed by atoms with van der Waals surface area (Å²) in [7, 11) is 0. The Hall–Kier alpha value is -1.63. The van der Waals surface area contributed by atoms with Gasteiger partial charge >= 0.3 is 0 Å². The van der Waals surface area contributed by atoms with Crippen LogP contribution in [0.15, 0.2) is 29.1 Å². The molecule has 2 fully saturated rings. The number of aromatic nitrogens is 2. The summed E-state index contributed by atoms with van der Waals surface area (Å²) in [6.45, 7) is 4.98. The van der Waals surface area contributed by atoms with E-state index in [1.807, 2.05) is 6.07 Å². The first-order chi connectivity index (χ1) is 11.3. The summed E-state index contributed by atoms with van der Waals surface area (Å²) in [5.74, 6) is 0.681. The van der Waals surface area contributed by atoms with Crippen molar-refractivity contribution in [3.05, 3.63) is 41.6 Å². The number of nitrogens with one attached hydrogen (secondary N) is 1. The summed E-state index contributed by atoms with van der Waals surface area (Å²) in [4.78, 5) is 4.60. The van der Waals surface area contributed by atoms with Gasteiger partial charge < -0.3 is 9.52 Å². The Balaban J connectivity index is 1.34. The van der Waals surface area contributed by atoms with Gasteiger partial charge in [-0.2, -0.15) is 5.10 Å². The maximum Gasteiger partial charge on any atom is 0.0947 e. The smallest absolute Gasteiger partial charge is 0.0947 e. The molecule has 1 saturated heterocycles. The average molecular weight is 316 g/mol. The van der Waals surface area contributed by atoms with E-state index in [1.165, 1.54) is 18.5 Å². The van der Waals surface area contributed by atoms with Gasteiger partial charge in [-0.05, 0) is 25.0 Å². The minimum atomic E-state index is -0.324. The lowest BCUT2D eigenvalue weighted by atomic mass is 10.2. The lowest BCUT2D eigenvalue weighted by Crippen LogP contribution is -2.33. The fraction of sp³-hybridized carbons (Fsp3) is 0.588. The highest BCUT2D eigenvalue weighted by Crippen LogP contribution is 2.39. The van der Waals surface area contributed by atoms with Gasteiger partial charge in [0, 0.05) is 56.4 Å². The first-order valence-corrected chi connectivity index (χ1v) is 8.44. The van der Waals surface area contributed by atoms with E-state index in [0.29, 0.717) is 19.0 Å². The van der Waals surface area contributed by atoms with Crippen molar-refractivity contribution in [2.24, 2.45) is 0 Å². The fourth-order valence-corrected chi connectivity index (χ4v) is 3.34. The van der Waals surface area contributed by atoms with Gasteiger partial charge in [0.05, 0.1) is 24.3 Å². The molecule has 0 aromatic carbocycles. The number of hydrogen-bond acceptors (Lipinski definition) is 5. The largest absolute Gasteiger partial charge is 0.472 e. The molecule has 3 heterocycles. The third-order valence-electron chi connectivity index (χ3n) is 4.70. The van der Waals surface area contributed by atoms with Crippen LogP contribution >= 0.6 is 0 Å². The van der Waals surface area contributed by atoms with Gasteiger partial charge in [0.1, 0.15) is 0 Å². The summed E-state index contributed by atoms with van der Waals surface area (Å²) in [6, 6.07) is 4.18. The molecular weight excluding hydrogens is 292 g/mol. The van der Waals surface area contributed by atoms with Gasteiger partial charge in [0.2, 0.25) is 0 Å². The number of aromatic amines is 1. The number of aliphatic hydroxyl groups is 1. The fourth-order valence-electron chi connectivity index (χ4n) is 3.34. The molecule has 6 nitrogen and oxygen atoms in total. The van der Waals surface area contributed by atoms with Crippen LogP contribution in [0, 0.1) is 0 Å². The summed E-state index contributed by atoms with van der Waals surface area (Å²) < 4.78 is 5.13. The van der Waals surface area contributed by atoms with Gasteiger partial charge in [0.25, 0.3) is 0 Å². The Morgan fingerprint density at radius 3 is 2.70 bits per heavy atom.